The first kappa shape index (κ1) is 27.0. The summed E-state index contributed by atoms with van der Waals surface area (Å²) in [5.41, 5.74) is 0. The summed E-state index contributed by atoms with van der Waals surface area (Å²) in [6.07, 6.45) is 0. The van der Waals surface area contributed by atoms with E-state index in [-0.39, 0.29) is 32.8 Å². The van der Waals surface area contributed by atoms with Crippen LogP contribution in [-0.4, -0.2) is 72.7 Å². The summed E-state index contributed by atoms with van der Waals surface area (Å²) in [4.78, 5) is 33.7. The molecule has 0 saturated carbocycles. The van der Waals surface area contributed by atoms with Crippen LogP contribution in [0.4, 0.5) is 14.4 Å². The number of carbonyl (C=O) groups is 3. The van der Waals surface area contributed by atoms with Crippen LogP contribution >= 0.6 is 0 Å². The van der Waals surface area contributed by atoms with Gasteiger partial charge in [-0.3, -0.25) is 0 Å². The fourth-order valence-corrected chi connectivity index (χ4v) is 0. The first-order valence-corrected chi connectivity index (χ1v) is 5.80. The summed E-state index contributed by atoms with van der Waals surface area (Å²) in [6, 6.07) is 0. The second-order valence-electron chi connectivity index (χ2n) is 3.48. The van der Waals surface area contributed by atoms with Gasteiger partial charge in [-0.05, 0) is 0 Å². The van der Waals surface area contributed by atoms with Crippen LogP contribution in [0.3, 0.4) is 0 Å². The SMILES string of the molecule is CN(C)C(=O)[S-].CN(C)C(=O)[S-].CN(C)C(=O)[S-].[Fe+3]. The van der Waals surface area contributed by atoms with Crippen molar-refractivity contribution in [3.63, 3.8) is 0 Å². The van der Waals surface area contributed by atoms with Crippen LogP contribution in [0.2, 0.25) is 0 Å². The van der Waals surface area contributed by atoms with Crippen LogP contribution in [-0.2, 0) is 55.0 Å². The molecule has 0 unspecified atom stereocenters. The van der Waals surface area contributed by atoms with Gasteiger partial charge in [0.15, 0.2) is 0 Å². The molecule has 0 spiro atoms. The molecule has 0 atom stereocenters. The van der Waals surface area contributed by atoms with E-state index in [1.807, 2.05) is 0 Å². The third kappa shape index (κ3) is 31.8. The first-order chi connectivity index (χ1) is 7.93. The Labute approximate surface area is 141 Å². The average molecular weight is 368 g/mol. The minimum absolute atomic E-state index is 0. The maximum atomic E-state index is 9.88. The van der Waals surface area contributed by atoms with Gasteiger partial charge in [0, 0.05) is 42.3 Å². The van der Waals surface area contributed by atoms with Crippen molar-refractivity contribution in [1.29, 1.82) is 0 Å². The minimum atomic E-state index is -0.324. The smallest absolute Gasteiger partial charge is 0.719 e. The fraction of sp³-hybridized carbons (Fsp3) is 0.667. The van der Waals surface area contributed by atoms with Crippen LogP contribution in [0.25, 0.3) is 0 Å². The Morgan fingerprint density at radius 1 is 0.579 bits per heavy atom. The van der Waals surface area contributed by atoms with Crippen LogP contribution in [0.15, 0.2) is 0 Å². The molecular formula is C9H18FeN3O3S3. The molecule has 0 aliphatic carbocycles. The van der Waals surface area contributed by atoms with Crippen molar-refractivity contribution in [2.24, 2.45) is 0 Å². The zero-order valence-electron chi connectivity index (χ0n) is 11.6. The molecule has 0 aliphatic heterocycles. The molecule has 3 amide bonds. The van der Waals surface area contributed by atoms with E-state index in [1.165, 1.54) is 14.7 Å². The largest absolute Gasteiger partial charge is 3.00 e. The van der Waals surface area contributed by atoms with Gasteiger partial charge >= 0.3 is 17.1 Å². The second kappa shape index (κ2) is 15.6. The van der Waals surface area contributed by atoms with Gasteiger partial charge in [0.25, 0.3) is 0 Å². The van der Waals surface area contributed by atoms with Crippen molar-refractivity contribution in [3.8, 4) is 0 Å². The zero-order chi connectivity index (χ0) is 15.5. The van der Waals surface area contributed by atoms with Crippen molar-refractivity contribution in [1.82, 2.24) is 14.7 Å². The number of hydrogen-bond acceptors (Lipinski definition) is 6. The van der Waals surface area contributed by atoms with Crippen LogP contribution in [0.5, 0.6) is 0 Å². The predicted molar refractivity (Wildman–Crippen MR) is 79.3 cm³/mol. The van der Waals surface area contributed by atoms with E-state index in [1.54, 1.807) is 42.3 Å². The molecule has 1 radical (unpaired) electrons. The van der Waals surface area contributed by atoms with E-state index in [0.29, 0.717) is 0 Å². The molecule has 10 heteroatoms. The van der Waals surface area contributed by atoms with Gasteiger partial charge in [-0.25, -0.2) is 0 Å². The number of carbonyl (C=O) groups excluding carboxylic acids is 3. The standard InChI is InChI=1S/3C3H7NOS.Fe/c3*1-4(2)3(5)6;/h3*1-2H3,(H,5,6);/q;;;+3/p-3. The van der Waals surface area contributed by atoms with Crippen molar-refractivity contribution in [2.45, 2.75) is 0 Å². The van der Waals surface area contributed by atoms with Crippen LogP contribution in [0.1, 0.15) is 0 Å². The van der Waals surface area contributed by atoms with Crippen molar-refractivity contribution >= 4 is 53.6 Å². The summed E-state index contributed by atoms with van der Waals surface area (Å²) in [5, 5.41) is -0.972. The van der Waals surface area contributed by atoms with Gasteiger partial charge in [-0.2, -0.15) is 0 Å². The number of rotatable bonds is 0. The molecule has 6 nitrogen and oxygen atoms in total. The van der Waals surface area contributed by atoms with Crippen molar-refractivity contribution in [2.75, 3.05) is 42.3 Å². The van der Waals surface area contributed by atoms with E-state index in [0.717, 1.165) is 0 Å². The Kier molecular flexibility index (Phi) is 22.3. The normalized spacial score (nSPS) is 7.26. The van der Waals surface area contributed by atoms with Gasteiger partial charge < -0.3 is 67.0 Å². The maximum Gasteiger partial charge on any atom is 3.00 e. The van der Waals surface area contributed by atoms with Crippen LogP contribution < -0.4 is 0 Å². The molecule has 113 valence electrons. The number of hydrogen-bond donors (Lipinski definition) is 0. The molecule has 0 fully saturated rings. The molecule has 0 aromatic heterocycles. The molecule has 0 aliphatic rings. The zero-order valence-corrected chi connectivity index (χ0v) is 15.2. The van der Waals surface area contributed by atoms with E-state index in [9.17, 15) is 14.4 Å². The number of amides is 3. The molecular weight excluding hydrogens is 350 g/mol. The van der Waals surface area contributed by atoms with Crippen molar-refractivity contribution in [3.05, 3.63) is 0 Å². The second-order valence-corrected chi connectivity index (χ2v) is 4.53. The van der Waals surface area contributed by atoms with Gasteiger partial charge in [0.05, 0.1) is 0 Å². The van der Waals surface area contributed by atoms with E-state index in [2.05, 4.69) is 37.9 Å². The molecule has 0 heterocycles. The Morgan fingerprint density at radius 2 is 0.632 bits per heavy atom. The predicted octanol–water partition coefficient (Wildman–Crippen LogP) is 0.642. The quantitative estimate of drug-likeness (QED) is 0.462. The first-order valence-electron chi connectivity index (χ1n) is 4.58. The maximum absolute atomic E-state index is 9.88. The van der Waals surface area contributed by atoms with E-state index >= 15 is 0 Å². The molecule has 0 aromatic rings. The third-order valence-electron chi connectivity index (χ3n) is 1.10. The average Bonchev–Trinajstić information content (AvgIpc) is 2.18. The Hall–Kier alpha value is -0.411. The number of nitrogens with zero attached hydrogens (tertiary/aromatic N) is 3. The topological polar surface area (TPSA) is 60.9 Å². The van der Waals surface area contributed by atoms with Gasteiger partial charge in [-0.15, -0.1) is 0 Å². The summed E-state index contributed by atoms with van der Waals surface area (Å²) in [6.45, 7) is 0. The summed E-state index contributed by atoms with van der Waals surface area (Å²) >= 11 is 12.6. The Bertz CT molecular complexity index is 234. The summed E-state index contributed by atoms with van der Waals surface area (Å²) < 4.78 is 0. The summed E-state index contributed by atoms with van der Waals surface area (Å²) in [5.74, 6) is 0. The van der Waals surface area contributed by atoms with Crippen LogP contribution in [0, 0.1) is 0 Å². The monoisotopic (exact) mass is 368 g/mol. The summed E-state index contributed by atoms with van der Waals surface area (Å²) in [7, 11) is 9.72. The van der Waals surface area contributed by atoms with Gasteiger partial charge in [0.1, 0.15) is 15.7 Å². The molecule has 0 rings (SSSR count). The van der Waals surface area contributed by atoms with E-state index < -0.39 is 0 Å². The van der Waals surface area contributed by atoms with Gasteiger partial charge in [0.2, 0.25) is 0 Å². The molecule has 0 bridgehead atoms. The molecule has 0 saturated heterocycles. The Morgan fingerprint density at radius 3 is 0.632 bits per heavy atom. The molecule has 0 aromatic carbocycles. The van der Waals surface area contributed by atoms with E-state index in [4.69, 9.17) is 0 Å². The van der Waals surface area contributed by atoms with Crippen molar-refractivity contribution < 1.29 is 31.5 Å². The molecule has 19 heavy (non-hydrogen) atoms. The minimum Gasteiger partial charge on any atom is -0.719 e. The molecule has 0 N–H and O–H groups in total. The third-order valence-corrected chi connectivity index (χ3v) is 2.19. The fourth-order valence-electron chi connectivity index (χ4n) is 0. The van der Waals surface area contributed by atoms with Gasteiger partial charge in [-0.1, -0.05) is 0 Å². The Balaban J connectivity index is -0.0000000865.